The van der Waals surface area contributed by atoms with Gasteiger partial charge in [-0.3, -0.25) is 5.32 Å². The Morgan fingerprint density at radius 1 is 0.900 bits per heavy atom. The van der Waals surface area contributed by atoms with Crippen molar-refractivity contribution in [2.24, 2.45) is 15.7 Å². The highest BCUT2D eigenvalue weighted by atomic mass is 15.3. The van der Waals surface area contributed by atoms with Gasteiger partial charge in [0.1, 0.15) is 0 Å². The van der Waals surface area contributed by atoms with E-state index in [1.165, 1.54) is 0 Å². The average molecular weight is 265 g/mol. The standard InChI is InChI=1S/C15H15N5/c16-14-18-13(11-7-3-1-4-8-11)19-15(20-14)17-12-9-5-2-6-10-12/h1-10,13H,(H4,16,17,18,19,20)/t13-/m0/s1. The first-order chi connectivity index (χ1) is 9.81. The van der Waals surface area contributed by atoms with Gasteiger partial charge in [0, 0.05) is 5.69 Å². The Morgan fingerprint density at radius 2 is 1.55 bits per heavy atom. The third-order valence-corrected chi connectivity index (χ3v) is 2.89. The van der Waals surface area contributed by atoms with E-state index in [9.17, 15) is 0 Å². The molecule has 1 atom stereocenters. The summed E-state index contributed by atoms with van der Waals surface area (Å²) in [5.74, 6) is 0.949. The van der Waals surface area contributed by atoms with E-state index < -0.39 is 0 Å². The van der Waals surface area contributed by atoms with Crippen LogP contribution in [0.25, 0.3) is 0 Å². The molecule has 0 fully saturated rings. The van der Waals surface area contributed by atoms with Crippen LogP contribution in [0.1, 0.15) is 11.7 Å². The molecule has 2 aromatic rings. The van der Waals surface area contributed by atoms with Crippen LogP contribution in [0.4, 0.5) is 5.69 Å². The van der Waals surface area contributed by atoms with Gasteiger partial charge in [0.15, 0.2) is 12.1 Å². The van der Waals surface area contributed by atoms with Crippen molar-refractivity contribution in [3.63, 3.8) is 0 Å². The van der Waals surface area contributed by atoms with Gasteiger partial charge in [-0.25, -0.2) is 9.98 Å². The SMILES string of the molecule is NC1=N[C@H](c2ccccc2)N=C(Nc2ccccc2)N1. The second-order valence-corrected chi connectivity index (χ2v) is 4.39. The van der Waals surface area contributed by atoms with E-state index in [0.717, 1.165) is 11.3 Å². The molecule has 0 saturated heterocycles. The van der Waals surface area contributed by atoms with Crippen LogP contribution in [0.5, 0.6) is 0 Å². The lowest BCUT2D eigenvalue weighted by atomic mass is 10.2. The summed E-state index contributed by atoms with van der Waals surface area (Å²) in [6.45, 7) is 0. The molecule has 0 spiro atoms. The molecule has 0 bridgehead atoms. The number of rotatable bonds is 2. The van der Waals surface area contributed by atoms with E-state index in [1.54, 1.807) is 0 Å². The predicted molar refractivity (Wildman–Crippen MR) is 81.4 cm³/mol. The molecule has 5 heteroatoms. The van der Waals surface area contributed by atoms with Gasteiger partial charge in [-0.05, 0) is 17.7 Å². The van der Waals surface area contributed by atoms with E-state index in [0.29, 0.717) is 11.9 Å². The highest BCUT2D eigenvalue weighted by Crippen LogP contribution is 2.20. The van der Waals surface area contributed by atoms with Gasteiger partial charge in [-0.1, -0.05) is 48.5 Å². The number of guanidine groups is 2. The van der Waals surface area contributed by atoms with Crippen molar-refractivity contribution in [3.8, 4) is 0 Å². The molecule has 0 unspecified atom stereocenters. The highest BCUT2D eigenvalue weighted by Gasteiger charge is 2.16. The van der Waals surface area contributed by atoms with Crippen LogP contribution in [-0.4, -0.2) is 11.9 Å². The lowest BCUT2D eigenvalue weighted by Gasteiger charge is -2.20. The summed E-state index contributed by atoms with van der Waals surface area (Å²) in [6.07, 6.45) is -0.316. The van der Waals surface area contributed by atoms with Crippen LogP contribution < -0.4 is 16.4 Å². The number of hydrogen-bond acceptors (Lipinski definition) is 5. The summed E-state index contributed by atoms with van der Waals surface area (Å²) in [6, 6.07) is 19.6. The summed E-state index contributed by atoms with van der Waals surface area (Å²) < 4.78 is 0. The summed E-state index contributed by atoms with van der Waals surface area (Å²) in [4.78, 5) is 8.82. The number of hydrogen-bond donors (Lipinski definition) is 3. The maximum absolute atomic E-state index is 5.82. The zero-order chi connectivity index (χ0) is 13.8. The maximum atomic E-state index is 5.82. The number of anilines is 1. The largest absolute Gasteiger partial charge is 0.370 e. The normalized spacial score (nSPS) is 17.7. The van der Waals surface area contributed by atoms with Crippen LogP contribution in [0.2, 0.25) is 0 Å². The van der Waals surface area contributed by atoms with E-state index in [2.05, 4.69) is 20.6 Å². The monoisotopic (exact) mass is 265 g/mol. The molecule has 0 saturated carbocycles. The third kappa shape index (κ3) is 2.77. The number of nitrogens with two attached hydrogens (primary N) is 1. The molecule has 100 valence electrons. The van der Waals surface area contributed by atoms with Crippen LogP contribution in [0.15, 0.2) is 70.6 Å². The minimum absolute atomic E-state index is 0.316. The Bertz CT molecular complexity index is 634. The van der Waals surface area contributed by atoms with Gasteiger partial charge < -0.3 is 11.1 Å². The van der Waals surface area contributed by atoms with Crippen molar-refractivity contribution in [2.45, 2.75) is 6.17 Å². The first kappa shape index (κ1) is 12.2. The van der Waals surface area contributed by atoms with Crippen molar-refractivity contribution in [3.05, 3.63) is 66.2 Å². The predicted octanol–water partition coefficient (Wildman–Crippen LogP) is 2.07. The van der Waals surface area contributed by atoms with Crippen molar-refractivity contribution in [1.82, 2.24) is 5.32 Å². The Balaban J connectivity index is 1.84. The van der Waals surface area contributed by atoms with Crippen molar-refractivity contribution in [1.29, 1.82) is 0 Å². The first-order valence-electron chi connectivity index (χ1n) is 6.36. The van der Waals surface area contributed by atoms with Crippen LogP contribution in [0, 0.1) is 0 Å². The molecule has 3 rings (SSSR count). The highest BCUT2D eigenvalue weighted by molar-refractivity contribution is 6.05. The lowest BCUT2D eigenvalue weighted by molar-refractivity contribution is 0.751. The molecule has 20 heavy (non-hydrogen) atoms. The zero-order valence-corrected chi connectivity index (χ0v) is 10.8. The fourth-order valence-electron chi connectivity index (χ4n) is 1.96. The quantitative estimate of drug-likeness (QED) is 0.778. The van der Waals surface area contributed by atoms with Crippen molar-refractivity contribution in [2.75, 3.05) is 5.32 Å². The molecule has 0 aliphatic carbocycles. The summed E-state index contributed by atoms with van der Waals surface area (Å²) in [5.41, 5.74) is 7.77. The number of nitrogens with zero attached hydrogens (tertiary/aromatic N) is 2. The Labute approximate surface area is 117 Å². The van der Waals surface area contributed by atoms with Gasteiger partial charge in [-0.2, -0.15) is 0 Å². The molecule has 0 amide bonds. The van der Waals surface area contributed by atoms with Gasteiger partial charge >= 0.3 is 0 Å². The summed E-state index contributed by atoms with van der Waals surface area (Å²) >= 11 is 0. The Kier molecular flexibility index (Phi) is 3.33. The van der Waals surface area contributed by atoms with Gasteiger partial charge in [-0.15, -0.1) is 0 Å². The molecule has 4 N–H and O–H groups in total. The zero-order valence-electron chi connectivity index (χ0n) is 10.8. The lowest BCUT2D eigenvalue weighted by Crippen LogP contribution is -2.43. The minimum atomic E-state index is -0.316. The fraction of sp³-hybridized carbons (Fsp3) is 0.0667. The molecule has 2 aromatic carbocycles. The Morgan fingerprint density at radius 3 is 2.25 bits per heavy atom. The van der Waals surface area contributed by atoms with Crippen LogP contribution in [-0.2, 0) is 0 Å². The number of para-hydroxylation sites is 1. The smallest absolute Gasteiger partial charge is 0.205 e. The third-order valence-electron chi connectivity index (χ3n) is 2.89. The van der Waals surface area contributed by atoms with Crippen LogP contribution >= 0.6 is 0 Å². The Hall–Kier alpha value is -2.82. The van der Waals surface area contributed by atoms with Crippen molar-refractivity contribution >= 4 is 17.6 Å². The van der Waals surface area contributed by atoms with E-state index in [4.69, 9.17) is 5.73 Å². The van der Waals surface area contributed by atoms with E-state index in [-0.39, 0.29) is 6.17 Å². The molecule has 1 heterocycles. The van der Waals surface area contributed by atoms with E-state index >= 15 is 0 Å². The average Bonchev–Trinajstić information content (AvgIpc) is 2.49. The minimum Gasteiger partial charge on any atom is -0.370 e. The van der Waals surface area contributed by atoms with Crippen LogP contribution in [0.3, 0.4) is 0 Å². The summed E-state index contributed by atoms with van der Waals surface area (Å²) in [5, 5.41) is 6.12. The molecule has 5 nitrogen and oxygen atoms in total. The number of benzene rings is 2. The van der Waals surface area contributed by atoms with Crippen molar-refractivity contribution < 1.29 is 0 Å². The van der Waals surface area contributed by atoms with Gasteiger partial charge in [0.05, 0.1) is 0 Å². The fourth-order valence-corrected chi connectivity index (χ4v) is 1.96. The molecule has 0 aromatic heterocycles. The summed E-state index contributed by atoms with van der Waals surface area (Å²) in [7, 11) is 0. The molecular formula is C15H15N5. The second kappa shape index (κ2) is 5.44. The molecule has 1 aliphatic heterocycles. The van der Waals surface area contributed by atoms with Gasteiger partial charge in [0.2, 0.25) is 5.96 Å². The molecular weight excluding hydrogens is 250 g/mol. The maximum Gasteiger partial charge on any atom is 0.205 e. The number of nitrogens with one attached hydrogen (secondary N) is 2. The van der Waals surface area contributed by atoms with Gasteiger partial charge in [0.25, 0.3) is 0 Å². The molecule has 0 radical (unpaired) electrons. The topological polar surface area (TPSA) is 74.8 Å². The van der Waals surface area contributed by atoms with E-state index in [1.807, 2.05) is 60.7 Å². The molecule has 1 aliphatic rings. The second-order valence-electron chi connectivity index (χ2n) is 4.39. The number of aliphatic imine (C=N–C) groups is 2. The first-order valence-corrected chi connectivity index (χ1v) is 6.36.